The van der Waals surface area contributed by atoms with Crippen molar-refractivity contribution < 1.29 is 4.79 Å². The van der Waals surface area contributed by atoms with Gasteiger partial charge in [0.25, 0.3) is 5.91 Å². The molecule has 4 nitrogen and oxygen atoms in total. The van der Waals surface area contributed by atoms with E-state index in [0.717, 1.165) is 27.7 Å². The number of hydrogen-bond donors (Lipinski definition) is 2. The molecule has 0 bridgehead atoms. The van der Waals surface area contributed by atoms with Gasteiger partial charge < -0.3 is 5.32 Å². The number of nitrogens with one attached hydrogen (secondary N) is 2. The fourth-order valence-electron chi connectivity index (χ4n) is 2.27. The number of carbonyl (C=O) groups is 1. The van der Waals surface area contributed by atoms with Gasteiger partial charge in [0.05, 0.1) is 5.69 Å². The number of halogens is 2. The van der Waals surface area contributed by atoms with E-state index in [-0.39, 0.29) is 5.91 Å². The van der Waals surface area contributed by atoms with Crippen LogP contribution in [-0.4, -0.2) is 22.6 Å². The summed E-state index contributed by atoms with van der Waals surface area (Å²) in [6.07, 6.45) is 0.747. The summed E-state index contributed by atoms with van der Waals surface area (Å²) in [4.78, 5) is 12.2. The van der Waals surface area contributed by atoms with Crippen LogP contribution in [0.4, 0.5) is 0 Å². The van der Waals surface area contributed by atoms with Crippen molar-refractivity contribution in [2.45, 2.75) is 6.42 Å². The van der Waals surface area contributed by atoms with E-state index in [1.54, 1.807) is 6.07 Å². The van der Waals surface area contributed by atoms with E-state index < -0.39 is 0 Å². The van der Waals surface area contributed by atoms with Gasteiger partial charge >= 0.3 is 0 Å². The summed E-state index contributed by atoms with van der Waals surface area (Å²) in [6, 6.07) is 17.1. The molecular formula is C18H15BrClN3O. The van der Waals surface area contributed by atoms with Gasteiger partial charge in [-0.2, -0.15) is 5.10 Å². The summed E-state index contributed by atoms with van der Waals surface area (Å²) in [5, 5.41) is 10.6. The molecule has 6 heteroatoms. The summed E-state index contributed by atoms with van der Waals surface area (Å²) >= 11 is 9.25. The standard InChI is InChI=1S/C18H15BrClN3O/c19-14-5-3-13(4-6-14)16-11-17(23-22-16)18(24)21-10-9-12-1-7-15(20)8-2-12/h1-8,11H,9-10H2,(H,21,24)(H,22,23). The third-order valence-electron chi connectivity index (χ3n) is 3.57. The molecule has 0 atom stereocenters. The minimum Gasteiger partial charge on any atom is -0.350 e. The zero-order valence-corrected chi connectivity index (χ0v) is 15.1. The molecule has 3 rings (SSSR count). The van der Waals surface area contributed by atoms with E-state index in [1.165, 1.54) is 0 Å². The van der Waals surface area contributed by atoms with E-state index in [1.807, 2.05) is 48.5 Å². The maximum Gasteiger partial charge on any atom is 0.269 e. The van der Waals surface area contributed by atoms with Crippen LogP contribution in [0.3, 0.4) is 0 Å². The average molecular weight is 405 g/mol. The highest BCUT2D eigenvalue weighted by molar-refractivity contribution is 9.10. The quantitative estimate of drug-likeness (QED) is 0.659. The van der Waals surface area contributed by atoms with Crippen molar-refractivity contribution in [2.24, 2.45) is 0 Å². The predicted octanol–water partition coefficient (Wildman–Crippen LogP) is 4.47. The predicted molar refractivity (Wildman–Crippen MR) is 99.2 cm³/mol. The van der Waals surface area contributed by atoms with Crippen LogP contribution >= 0.6 is 27.5 Å². The minimum atomic E-state index is -0.167. The van der Waals surface area contributed by atoms with Crippen LogP contribution in [0.1, 0.15) is 16.1 Å². The Morgan fingerprint density at radius 3 is 2.54 bits per heavy atom. The first-order valence-electron chi connectivity index (χ1n) is 7.46. The van der Waals surface area contributed by atoms with Gasteiger partial charge in [0, 0.05) is 21.6 Å². The molecule has 0 fully saturated rings. The summed E-state index contributed by atoms with van der Waals surface area (Å²) in [5.74, 6) is -0.167. The average Bonchev–Trinajstić information content (AvgIpc) is 3.07. The molecule has 1 amide bonds. The van der Waals surface area contributed by atoms with Crippen LogP contribution in [0.15, 0.2) is 59.1 Å². The molecule has 2 aromatic carbocycles. The fraction of sp³-hybridized carbons (Fsp3) is 0.111. The second-order valence-corrected chi connectivity index (χ2v) is 6.66. The molecule has 0 unspecified atom stereocenters. The number of nitrogens with zero attached hydrogens (tertiary/aromatic N) is 1. The first kappa shape index (κ1) is 16.7. The highest BCUT2D eigenvalue weighted by atomic mass is 79.9. The molecule has 1 aromatic heterocycles. The van der Waals surface area contributed by atoms with Gasteiger partial charge in [-0.3, -0.25) is 9.89 Å². The van der Waals surface area contributed by atoms with E-state index in [2.05, 4.69) is 31.4 Å². The Morgan fingerprint density at radius 2 is 1.83 bits per heavy atom. The molecule has 0 radical (unpaired) electrons. The lowest BCUT2D eigenvalue weighted by atomic mass is 10.1. The van der Waals surface area contributed by atoms with Crippen LogP contribution in [0.25, 0.3) is 11.3 Å². The summed E-state index contributed by atoms with van der Waals surface area (Å²) in [6.45, 7) is 0.549. The molecule has 0 aliphatic rings. The maximum atomic E-state index is 12.2. The van der Waals surface area contributed by atoms with E-state index in [9.17, 15) is 4.79 Å². The molecule has 0 aliphatic heterocycles. The maximum absolute atomic E-state index is 12.2. The van der Waals surface area contributed by atoms with Gasteiger partial charge in [0.2, 0.25) is 0 Å². The highest BCUT2D eigenvalue weighted by Crippen LogP contribution is 2.20. The lowest BCUT2D eigenvalue weighted by molar-refractivity contribution is 0.0949. The largest absolute Gasteiger partial charge is 0.350 e. The molecule has 1 heterocycles. The van der Waals surface area contributed by atoms with Gasteiger partial charge in [-0.25, -0.2) is 0 Å². The number of benzene rings is 2. The van der Waals surface area contributed by atoms with Gasteiger partial charge in [-0.15, -0.1) is 0 Å². The summed E-state index contributed by atoms with van der Waals surface area (Å²) in [7, 11) is 0. The van der Waals surface area contributed by atoms with Crippen LogP contribution in [-0.2, 0) is 6.42 Å². The van der Waals surface area contributed by atoms with Crippen molar-refractivity contribution >= 4 is 33.4 Å². The first-order chi connectivity index (χ1) is 11.6. The normalized spacial score (nSPS) is 10.6. The summed E-state index contributed by atoms with van der Waals surface area (Å²) < 4.78 is 1.00. The van der Waals surface area contributed by atoms with E-state index >= 15 is 0 Å². The molecule has 0 saturated heterocycles. The minimum absolute atomic E-state index is 0.167. The molecular weight excluding hydrogens is 390 g/mol. The van der Waals surface area contributed by atoms with Crippen molar-refractivity contribution in [3.8, 4) is 11.3 Å². The SMILES string of the molecule is O=C(NCCc1ccc(Cl)cc1)c1cc(-c2ccc(Br)cc2)n[nH]1. The molecule has 0 saturated carbocycles. The van der Waals surface area contributed by atoms with Gasteiger partial charge in [-0.05, 0) is 42.3 Å². The number of H-pyrrole nitrogens is 1. The number of hydrogen-bond acceptors (Lipinski definition) is 2. The highest BCUT2D eigenvalue weighted by Gasteiger charge is 2.10. The molecule has 122 valence electrons. The Bertz CT molecular complexity index is 828. The zero-order chi connectivity index (χ0) is 16.9. The van der Waals surface area contributed by atoms with Gasteiger partial charge in [0.1, 0.15) is 5.69 Å². The summed E-state index contributed by atoms with van der Waals surface area (Å²) in [5.41, 5.74) is 3.27. The number of rotatable bonds is 5. The van der Waals surface area contributed by atoms with Crippen molar-refractivity contribution in [2.75, 3.05) is 6.54 Å². The molecule has 2 N–H and O–H groups in total. The number of aromatic nitrogens is 2. The topological polar surface area (TPSA) is 57.8 Å². The number of amides is 1. The van der Waals surface area contributed by atoms with Crippen LogP contribution in [0.2, 0.25) is 5.02 Å². The van der Waals surface area contributed by atoms with Crippen molar-refractivity contribution in [1.29, 1.82) is 0 Å². The van der Waals surface area contributed by atoms with Crippen LogP contribution in [0.5, 0.6) is 0 Å². The third kappa shape index (κ3) is 4.24. The van der Waals surface area contributed by atoms with Crippen molar-refractivity contribution in [3.05, 3.63) is 75.4 Å². The van der Waals surface area contributed by atoms with Gasteiger partial charge in [0.15, 0.2) is 0 Å². The smallest absolute Gasteiger partial charge is 0.269 e. The lowest BCUT2D eigenvalue weighted by Gasteiger charge is -2.04. The second kappa shape index (κ2) is 7.64. The lowest BCUT2D eigenvalue weighted by Crippen LogP contribution is -2.26. The Balaban J connectivity index is 1.57. The number of carbonyl (C=O) groups excluding carboxylic acids is 1. The molecule has 0 spiro atoms. The van der Waals surface area contributed by atoms with Gasteiger partial charge in [-0.1, -0.05) is 51.8 Å². The fourth-order valence-corrected chi connectivity index (χ4v) is 2.66. The van der Waals surface area contributed by atoms with Crippen LogP contribution < -0.4 is 5.32 Å². The zero-order valence-electron chi connectivity index (χ0n) is 12.7. The molecule has 0 aliphatic carbocycles. The van der Waals surface area contributed by atoms with Crippen molar-refractivity contribution in [3.63, 3.8) is 0 Å². The third-order valence-corrected chi connectivity index (χ3v) is 4.36. The van der Waals surface area contributed by atoms with E-state index in [4.69, 9.17) is 11.6 Å². The Hall–Kier alpha value is -2.11. The Labute approximate surface area is 153 Å². The van der Waals surface area contributed by atoms with E-state index in [0.29, 0.717) is 17.3 Å². The van der Waals surface area contributed by atoms with Crippen LogP contribution in [0, 0.1) is 0 Å². The molecule has 24 heavy (non-hydrogen) atoms. The Morgan fingerprint density at radius 1 is 1.12 bits per heavy atom. The van der Waals surface area contributed by atoms with Crippen molar-refractivity contribution in [1.82, 2.24) is 15.5 Å². The monoisotopic (exact) mass is 403 g/mol. The first-order valence-corrected chi connectivity index (χ1v) is 8.63. The molecule has 3 aromatic rings. The second-order valence-electron chi connectivity index (χ2n) is 5.31. The Kier molecular flexibility index (Phi) is 5.33. The number of aromatic amines is 1.